The second kappa shape index (κ2) is 8.64. The summed E-state index contributed by atoms with van der Waals surface area (Å²) in [6.45, 7) is 1.80. The molecule has 1 aromatic carbocycles. The highest BCUT2D eigenvalue weighted by Gasteiger charge is 2.44. The highest BCUT2D eigenvalue weighted by atomic mass is 32.2. The van der Waals surface area contributed by atoms with Gasteiger partial charge in [0.15, 0.2) is 0 Å². The Morgan fingerprint density at radius 2 is 1.69 bits per heavy atom. The number of carbonyl (C=O) groups excluding carboxylic acids is 1. The van der Waals surface area contributed by atoms with Crippen LogP contribution in [0.15, 0.2) is 29.2 Å². The molecule has 8 heteroatoms. The number of amides is 1. The molecule has 1 aromatic rings. The minimum atomic E-state index is -4.10. The quantitative estimate of drug-likeness (QED) is 0.826. The van der Waals surface area contributed by atoms with Gasteiger partial charge in [-0.05, 0) is 38.3 Å². The normalized spacial score (nSPS) is 21.2. The van der Waals surface area contributed by atoms with Crippen LogP contribution in [0.25, 0.3) is 0 Å². The van der Waals surface area contributed by atoms with Crippen LogP contribution in [-0.2, 0) is 19.6 Å². The van der Waals surface area contributed by atoms with E-state index in [1.807, 2.05) is 0 Å². The zero-order chi connectivity index (χ0) is 19.3. The predicted molar refractivity (Wildman–Crippen MR) is 96.9 cm³/mol. The molecule has 1 aliphatic carbocycles. The second-order valence-electron chi connectivity index (χ2n) is 6.80. The number of rotatable bonds is 3. The average molecular weight is 382 g/mol. The minimum absolute atomic E-state index is 0.0132. The number of sulfonamides is 1. The van der Waals surface area contributed by atoms with Gasteiger partial charge in [0, 0.05) is 12.5 Å². The van der Waals surface area contributed by atoms with Gasteiger partial charge in [0.25, 0.3) is 10.0 Å². The summed E-state index contributed by atoms with van der Waals surface area (Å²) in [6, 6.07) is 5.17. The van der Waals surface area contributed by atoms with Crippen molar-refractivity contribution < 1.29 is 23.1 Å². The van der Waals surface area contributed by atoms with E-state index in [1.165, 1.54) is 44.2 Å². The fourth-order valence-corrected chi connectivity index (χ4v) is 4.74. The lowest BCUT2D eigenvalue weighted by atomic mass is 9.97. The lowest BCUT2D eigenvalue weighted by molar-refractivity contribution is -0.143. The molecule has 2 fully saturated rings. The zero-order valence-corrected chi connectivity index (χ0v) is 15.7. The van der Waals surface area contributed by atoms with Crippen molar-refractivity contribution in [3.63, 3.8) is 0 Å². The van der Waals surface area contributed by atoms with Gasteiger partial charge in [0.1, 0.15) is 6.04 Å². The maximum absolute atomic E-state index is 12.3. The first kappa shape index (κ1) is 20.4. The highest BCUT2D eigenvalue weighted by molar-refractivity contribution is 7.89. The molecular weight excluding hydrogens is 356 g/mol. The molecule has 3 rings (SSSR count). The summed E-state index contributed by atoms with van der Waals surface area (Å²) in [7, 11) is -4.10. The van der Waals surface area contributed by atoms with Crippen LogP contribution in [0.5, 0.6) is 0 Å². The van der Waals surface area contributed by atoms with Crippen molar-refractivity contribution in [2.24, 2.45) is 5.73 Å². The SMILES string of the molecule is Cc1ccc(S(=O)(=O)N2C(=O)CCC2C(=O)O)cc1.NC1CCCCC1. The van der Waals surface area contributed by atoms with Crippen LogP contribution in [0.3, 0.4) is 0 Å². The van der Waals surface area contributed by atoms with Gasteiger partial charge < -0.3 is 10.8 Å². The van der Waals surface area contributed by atoms with E-state index in [0.717, 1.165) is 5.56 Å². The molecule has 0 aromatic heterocycles. The lowest BCUT2D eigenvalue weighted by Gasteiger charge is -2.21. The number of aryl methyl sites for hydroxylation is 1. The van der Waals surface area contributed by atoms with Crippen molar-refractivity contribution in [3.05, 3.63) is 29.8 Å². The van der Waals surface area contributed by atoms with E-state index in [-0.39, 0.29) is 17.7 Å². The molecule has 0 bridgehead atoms. The van der Waals surface area contributed by atoms with E-state index in [9.17, 15) is 18.0 Å². The van der Waals surface area contributed by atoms with Gasteiger partial charge >= 0.3 is 5.97 Å². The average Bonchev–Trinajstić information content (AvgIpc) is 2.99. The predicted octanol–water partition coefficient (Wildman–Crippen LogP) is 2.04. The van der Waals surface area contributed by atoms with Crippen LogP contribution in [0.1, 0.15) is 50.5 Å². The van der Waals surface area contributed by atoms with Crippen LogP contribution in [0, 0.1) is 6.92 Å². The molecule has 0 radical (unpaired) electrons. The summed E-state index contributed by atoms with van der Waals surface area (Å²) in [4.78, 5) is 22.6. The fraction of sp³-hybridized carbons (Fsp3) is 0.556. The van der Waals surface area contributed by atoms with E-state index in [1.54, 1.807) is 19.1 Å². The molecular formula is C18H26N2O5S. The molecule has 3 N–H and O–H groups in total. The largest absolute Gasteiger partial charge is 0.480 e. The van der Waals surface area contributed by atoms with Gasteiger partial charge in [-0.25, -0.2) is 17.5 Å². The molecule has 1 aliphatic heterocycles. The number of benzene rings is 1. The van der Waals surface area contributed by atoms with Gasteiger partial charge in [0.05, 0.1) is 4.90 Å². The molecule has 1 saturated heterocycles. The van der Waals surface area contributed by atoms with E-state index in [4.69, 9.17) is 10.8 Å². The van der Waals surface area contributed by atoms with Crippen molar-refractivity contribution in [3.8, 4) is 0 Å². The van der Waals surface area contributed by atoms with Crippen molar-refractivity contribution in [2.45, 2.75) is 68.8 Å². The van der Waals surface area contributed by atoms with Crippen molar-refractivity contribution in [1.29, 1.82) is 0 Å². The Morgan fingerprint density at radius 1 is 1.12 bits per heavy atom. The molecule has 26 heavy (non-hydrogen) atoms. The standard InChI is InChI=1S/C12H13NO5S.C6H13N/c1-8-2-4-9(5-3-8)19(17,18)13-10(12(15)16)6-7-11(13)14;7-6-4-2-1-3-5-6/h2-5,10H,6-7H2,1H3,(H,15,16);6H,1-5,7H2. The van der Waals surface area contributed by atoms with Gasteiger partial charge in [-0.3, -0.25) is 4.79 Å². The van der Waals surface area contributed by atoms with Gasteiger partial charge in [-0.2, -0.15) is 0 Å². The number of nitrogens with zero attached hydrogens (tertiary/aromatic N) is 1. The van der Waals surface area contributed by atoms with E-state index in [0.29, 0.717) is 10.3 Å². The molecule has 2 aliphatic rings. The Morgan fingerprint density at radius 3 is 2.15 bits per heavy atom. The maximum Gasteiger partial charge on any atom is 0.327 e. The molecule has 1 heterocycles. The molecule has 144 valence electrons. The monoisotopic (exact) mass is 382 g/mol. The van der Waals surface area contributed by atoms with Gasteiger partial charge in [0.2, 0.25) is 5.91 Å². The molecule has 7 nitrogen and oxygen atoms in total. The number of nitrogens with two attached hydrogens (primary N) is 1. The van der Waals surface area contributed by atoms with Gasteiger partial charge in [-0.15, -0.1) is 0 Å². The summed E-state index contributed by atoms with van der Waals surface area (Å²) >= 11 is 0. The Hall–Kier alpha value is -1.93. The summed E-state index contributed by atoms with van der Waals surface area (Å²) in [6.07, 6.45) is 6.61. The van der Waals surface area contributed by atoms with Crippen molar-refractivity contribution in [2.75, 3.05) is 0 Å². The first-order valence-corrected chi connectivity index (χ1v) is 10.3. The number of carboxylic acid groups (broad SMARTS) is 1. The van der Waals surface area contributed by atoms with Crippen LogP contribution in [0.4, 0.5) is 0 Å². The van der Waals surface area contributed by atoms with Crippen molar-refractivity contribution >= 4 is 21.9 Å². The number of carbonyl (C=O) groups is 2. The molecule has 1 saturated carbocycles. The number of carboxylic acids is 1. The fourth-order valence-electron chi connectivity index (χ4n) is 3.14. The smallest absolute Gasteiger partial charge is 0.327 e. The topological polar surface area (TPSA) is 118 Å². The van der Waals surface area contributed by atoms with E-state index in [2.05, 4.69) is 0 Å². The van der Waals surface area contributed by atoms with Crippen LogP contribution in [0.2, 0.25) is 0 Å². The highest BCUT2D eigenvalue weighted by Crippen LogP contribution is 2.27. The molecule has 1 atom stereocenters. The van der Waals surface area contributed by atoms with Crippen LogP contribution < -0.4 is 5.73 Å². The van der Waals surface area contributed by atoms with Crippen molar-refractivity contribution in [1.82, 2.24) is 4.31 Å². The Balaban J connectivity index is 0.000000290. The summed E-state index contributed by atoms with van der Waals surface area (Å²) in [5.41, 5.74) is 6.51. The Bertz CT molecular complexity index is 739. The summed E-state index contributed by atoms with van der Waals surface area (Å²) in [5, 5.41) is 9.00. The third kappa shape index (κ3) is 4.82. The maximum atomic E-state index is 12.3. The first-order valence-electron chi connectivity index (χ1n) is 8.86. The molecule has 1 amide bonds. The number of hydrogen-bond donors (Lipinski definition) is 2. The van der Waals surface area contributed by atoms with Crippen LogP contribution in [-0.4, -0.2) is 41.8 Å². The molecule has 1 unspecified atom stereocenters. The Labute approximate surface area is 154 Å². The summed E-state index contributed by atoms with van der Waals surface area (Å²) < 4.78 is 25.1. The lowest BCUT2D eigenvalue weighted by Crippen LogP contribution is -2.42. The van der Waals surface area contributed by atoms with Gasteiger partial charge in [-0.1, -0.05) is 37.0 Å². The summed E-state index contributed by atoms with van der Waals surface area (Å²) in [5.74, 6) is -1.98. The third-order valence-electron chi connectivity index (χ3n) is 4.67. The Kier molecular flexibility index (Phi) is 6.77. The zero-order valence-electron chi connectivity index (χ0n) is 14.9. The van der Waals surface area contributed by atoms with Crippen LogP contribution >= 0.6 is 0 Å². The second-order valence-corrected chi connectivity index (χ2v) is 8.61. The van der Waals surface area contributed by atoms with E-state index >= 15 is 0 Å². The first-order chi connectivity index (χ1) is 12.2. The van der Waals surface area contributed by atoms with E-state index < -0.39 is 27.9 Å². The number of aliphatic carboxylic acids is 1. The minimum Gasteiger partial charge on any atom is -0.480 e. The molecule has 0 spiro atoms. The third-order valence-corrected chi connectivity index (χ3v) is 6.52. The number of hydrogen-bond acceptors (Lipinski definition) is 5.